The SMILES string of the molecule is Oc1cccc(COCCc2ccccc2)c1COCCc1ccccc1. The highest BCUT2D eigenvalue weighted by molar-refractivity contribution is 5.38. The van der Waals surface area contributed by atoms with E-state index in [0.717, 1.165) is 24.0 Å². The van der Waals surface area contributed by atoms with E-state index < -0.39 is 0 Å². The molecule has 0 radical (unpaired) electrons. The lowest BCUT2D eigenvalue weighted by atomic mass is 10.1. The van der Waals surface area contributed by atoms with Gasteiger partial charge in [0, 0.05) is 5.56 Å². The van der Waals surface area contributed by atoms with Crippen molar-refractivity contribution in [1.82, 2.24) is 0 Å². The lowest BCUT2D eigenvalue weighted by Crippen LogP contribution is -2.05. The molecule has 0 saturated heterocycles. The average Bonchev–Trinajstić information content (AvgIpc) is 2.71. The van der Waals surface area contributed by atoms with Crippen LogP contribution in [0.25, 0.3) is 0 Å². The molecule has 3 heteroatoms. The van der Waals surface area contributed by atoms with Crippen LogP contribution < -0.4 is 0 Å². The smallest absolute Gasteiger partial charge is 0.121 e. The molecule has 0 heterocycles. The molecular weight excluding hydrogens is 336 g/mol. The molecule has 0 unspecified atom stereocenters. The number of benzene rings is 3. The quantitative estimate of drug-likeness (QED) is 0.521. The molecule has 3 nitrogen and oxygen atoms in total. The van der Waals surface area contributed by atoms with Crippen molar-refractivity contribution in [3.05, 3.63) is 101 Å². The molecule has 0 aromatic heterocycles. The maximum Gasteiger partial charge on any atom is 0.121 e. The lowest BCUT2D eigenvalue weighted by molar-refractivity contribution is 0.108. The Balaban J connectivity index is 1.46. The fraction of sp³-hybridized carbons (Fsp3) is 0.250. The van der Waals surface area contributed by atoms with Crippen LogP contribution in [0, 0.1) is 0 Å². The third-order valence-corrected chi connectivity index (χ3v) is 4.51. The molecule has 0 atom stereocenters. The Kier molecular flexibility index (Phi) is 7.45. The van der Waals surface area contributed by atoms with Crippen LogP contribution in [0.15, 0.2) is 78.9 Å². The van der Waals surface area contributed by atoms with E-state index in [1.54, 1.807) is 6.07 Å². The Morgan fingerprint density at radius 3 is 1.74 bits per heavy atom. The molecule has 0 spiro atoms. The van der Waals surface area contributed by atoms with Crippen molar-refractivity contribution in [2.24, 2.45) is 0 Å². The zero-order chi connectivity index (χ0) is 18.7. The first-order valence-corrected chi connectivity index (χ1v) is 9.36. The Labute approximate surface area is 161 Å². The first-order chi connectivity index (χ1) is 13.3. The molecular formula is C24H26O3. The third-order valence-electron chi connectivity index (χ3n) is 4.51. The molecule has 1 N–H and O–H groups in total. The van der Waals surface area contributed by atoms with E-state index in [2.05, 4.69) is 24.3 Å². The Morgan fingerprint density at radius 2 is 1.15 bits per heavy atom. The predicted molar refractivity (Wildman–Crippen MR) is 108 cm³/mol. The third kappa shape index (κ3) is 6.24. The summed E-state index contributed by atoms with van der Waals surface area (Å²) in [6.45, 7) is 2.12. The van der Waals surface area contributed by atoms with E-state index in [-0.39, 0.29) is 5.75 Å². The molecule has 0 aliphatic carbocycles. The highest BCUT2D eigenvalue weighted by Crippen LogP contribution is 2.23. The molecule has 27 heavy (non-hydrogen) atoms. The fourth-order valence-corrected chi connectivity index (χ4v) is 2.95. The summed E-state index contributed by atoms with van der Waals surface area (Å²) in [5.41, 5.74) is 4.30. The molecule has 140 valence electrons. The minimum atomic E-state index is 0.263. The van der Waals surface area contributed by atoms with Gasteiger partial charge in [0.2, 0.25) is 0 Å². The van der Waals surface area contributed by atoms with Gasteiger partial charge in [0.1, 0.15) is 5.75 Å². The van der Waals surface area contributed by atoms with Crippen molar-refractivity contribution in [2.75, 3.05) is 13.2 Å². The van der Waals surface area contributed by atoms with Gasteiger partial charge in [-0.25, -0.2) is 0 Å². The molecule has 3 aromatic rings. The van der Waals surface area contributed by atoms with Gasteiger partial charge in [-0.3, -0.25) is 0 Å². The molecule has 0 saturated carbocycles. The van der Waals surface area contributed by atoms with E-state index in [9.17, 15) is 5.11 Å². The van der Waals surface area contributed by atoms with Crippen molar-refractivity contribution in [3.63, 3.8) is 0 Å². The first kappa shape index (κ1) is 19.2. The Morgan fingerprint density at radius 1 is 0.593 bits per heavy atom. The van der Waals surface area contributed by atoms with Crippen molar-refractivity contribution >= 4 is 0 Å². The summed E-state index contributed by atoms with van der Waals surface area (Å²) in [6.07, 6.45) is 1.74. The molecule has 0 aliphatic rings. The van der Waals surface area contributed by atoms with Crippen LogP contribution in [-0.2, 0) is 35.5 Å². The summed E-state index contributed by atoms with van der Waals surface area (Å²) >= 11 is 0. The summed E-state index contributed by atoms with van der Waals surface area (Å²) in [6, 6.07) is 26.1. The summed E-state index contributed by atoms with van der Waals surface area (Å²) in [4.78, 5) is 0. The number of hydrogen-bond donors (Lipinski definition) is 1. The number of rotatable bonds is 10. The van der Waals surface area contributed by atoms with Gasteiger partial charge in [-0.15, -0.1) is 0 Å². The fourth-order valence-electron chi connectivity index (χ4n) is 2.95. The zero-order valence-electron chi connectivity index (χ0n) is 15.5. The zero-order valence-corrected chi connectivity index (χ0v) is 15.5. The molecule has 0 amide bonds. The van der Waals surface area contributed by atoms with E-state index in [0.29, 0.717) is 26.4 Å². The summed E-state index contributed by atoms with van der Waals surface area (Å²) < 4.78 is 11.6. The number of aromatic hydroxyl groups is 1. The maximum atomic E-state index is 10.2. The highest BCUT2D eigenvalue weighted by atomic mass is 16.5. The number of ether oxygens (including phenoxy) is 2. The van der Waals surface area contributed by atoms with Gasteiger partial charge in [-0.1, -0.05) is 72.8 Å². The monoisotopic (exact) mass is 362 g/mol. The van der Waals surface area contributed by atoms with Crippen LogP contribution >= 0.6 is 0 Å². The number of hydrogen-bond acceptors (Lipinski definition) is 3. The normalized spacial score (nSPS) is 10.8. The van der Waals surface area contributed by atoms with E-state index >= 15 is 0 Å². The molecule has 3 rings (SSSR count). The minimum absolute atomic E-state index is 0.263. The van der Waals surface area contributed by atoms with E-state index in [1.807, 2.05) is 48.5 Å². The average molecular weight is 362 g/mol. The molecule has 0 fully saturated rings. The number of phenols is 1. The standard InChI is InChI=1S/C24H26O3/c25-24-13-7-12-22(18-26-16-14-20-8-3-1-4-9-20)23(24)19-27-17-15-21-10-5-2-6-11-21/h1-13,25H,14-19H2. The summed E-state index contributed by atoms with van der Waals surface area (Å²) in [7, 11) is 0. The van der Waals surface area contributed by atoms with Crippen LogP contribution in [0.2, 0.25) is 0 Å². The van der Waals surface area contributed by atoms with Gasteiger partial charge in [-0.2, -0.15) is 0 Å². The highest BCUT2D eigenvalue weighted by Gasteiger charge is 2.08. The van der Waals surface area contributed by atoms with Gasteiger partial charge < -0.3 is 14.6 Å². The predicted octanol–water partition coefficient (Wildman–Crippen LogP) is 4.91. The van der Waals surface area contributed by atoms with Gasteiger partial charge in [0.25, 0.3) is 0 Å². The van der Waals surface area contributed by atoms with Crippen molar-refractivity contribution in [2.45, 2.75) is 26.1 Å². The summed E-state index contributed by atoms with van der Waals surface area (Å²) in [5.74, 6) is 0.263. The van der Waals surface area contributed by atoms with Crippen LogP contribution in [-0.4, -0.2) is 18.3 Å². The van der Waals surface area contributed by atoms with Gasteiger partial charge >= 0.3 is 0 Å². The van der Waals surface area contributed by atoms with Gasteiger partial charge in [-0.05, 0) is 35.6 Å². The molecule has 3 aromatic carbocycles. The topological polar surface area (TPSA) is 38.7 Å². The van der Waals surface area contributed by atoms with Gasteiger partial charge in [0.15, 0.2) is 0 Å². The maximum absolute atomic E-state index is 10.2. The second-order valence-electron chi connectivity index (χ2n) is 6.49. The summed E-state index contributed by atoms with van der Waals surface area (Å²) in [5, 5.41) is 10.2. The lowest BCUT2D eigenvalue weighted by Gasteiger charge is -2.13. The Hall–Kier alpha value is -2.62. The van der Waals surface area contributed by atoms with Crippen LogP contribution in [0.4, 0.5) is 0 Å². The first-order valence-electron chi connectivity index (χ1n) is 9.36. The molecule has 0 bridgehead atoms. The van der Waals surface area contributed by atoms with Crippen LogP contribution in [0.1, 0.15) is 22.3 Å². The Bertz CT molecular complexity index is 800. The van der Waals surface area contributed by atoms with E-state index in [1.165, 1.54) is 11.1 Å². The van der Waals surface area contributed by atoms with Gasteiger partial charge in [0.05, 0.1) is 26.4 Å². The van der Waals surface area contributed by atoms with Crippen LogP contribution in [0.5, 0.6) is 5.75 Å². The number of phenolic OH excluding ortho intramolecular Hbond substituents is 1. The van der Waals surface area contributed by atoms with Crippen molar-refractivity contribution in [3.8, 4) is 5.75 Å². The second-order valence-corrected chi connectivity index (χ2v) is 6.49. The van der Waals surface area contributed by atoms with E-state index in [4.69, 9.17) is 9.47 Å². The largest absolute Gasteiger partial charge is 0.508 e. The second kappa shape index (κ2) is 10.5. The van der Waals surface area contributed by atoms with Crippen molar-refractivity contribution in [1.29, 1.82) is 0 Å². The minimum Gasteiger partial charge on any atom is -0.508 e. The van der Waals surface area contributed by atoms with Crippen molar-refractivity contribution < 1.29 is 14.6 Å². The molecule has 0 aliphatic heterocycles. The van der Waals surface area contributed by atoms with Crippen LogP contribution in [0.3, 0.4) is 0 Å².